The zero-order chi connectivity index (χ0) is 19.2. The molecular weight excluding hydrogens is 342 g/mol. The zero-order valence-corrected chi connectivity index (χ0v) is 16.0. The van der Waals surface area contributed by atoms with Crippen molar-refractivity contribution in [2.45, 2.75) is 57.5 Å². The van der Waals surface area contributed by atoms with Crippen LogP contribution >= 0.6 is 0 Å². The lowest BCUT2D eigenvalue weighted by atomic mass is 9.99. The van der Waals surface area contributed by atoms with Gasteiger partial charge in [-0.1, -0.05) is 25.1 Å². The Kier molecular flexibility index (Phi) is 6.48. The molecule has 2 fully saturated rings. The second-order valence-electron chi connectivity index (χ2n) is 7.39. The third-order valence-corrected chi connectivity index (χ3v) is 5.58. The monoisotopic (exact) mass is 371 g/mol. The third-order valence-electron chi connectivity index (χ3n) is 5.58. The summed E-state index contributed by atoms with van der Waals surface area (Å²) in [6, 6.07) is 9.03. The molecule has 0 bridgehead atoms. The fraction of sp³-hybridized carbons (Fsp3) is 0.571. The quantitative estimate of drug-likeness (QED) is 0.882. The van der Waals surface area contributed by atoms with Gasteiger partial charge in [0, 0.05) is 37.7 Å². The average molecular weight is 371 g/mol. The minimum Gasteiger partial charge on any atom is -0.351 e. The first-order valence-electron chi connectivity index (χ1n) is 10.0. The molecule has 6 heteroatoms. The molecule has 1 aromatic rings. The number of rotatable bonds is 4. The van der Waals surface area contributed by atoms with Crippen LogP contribution in [-0.4, -0.2) is 59.2 Å². The van der Waals surface area contributed by atoms with Crippen molar-refractivity contribution in [3.8, 4) is 0 Å². The summed E-state index contributed by atoms with van der Waals surface area (Å²) in [4.78, 5) is 41.0. The van der Waals surface area contributed by atoms with Crippen LogP contribution in [0.1, 0.15) is 55.8 Å². The predicted molar refractivity (Wildman–Crippen MR) is 103 cm³/mol. The van der Waals surface area contributed by atoms with E-state index in [0.29, 0.717) is 31.6 Å². The van der Waals surface area contributed by atoms with Crippen LogP contribution in [-0.2, 0) is 9.59 Å². The summed E-state index contributed by atoms with van der Waals surface area (Å²) in [5.74, 6) is 0.0647. The summed E-state index contributed by atoms with van der Waals surface area (Å²) in [5.41, 5.74) is 0.705. The summed E-state index contributed by atoms with van der Waals surface area (Å²) >= 11 is 0. The fourth-order valence-electron chi connectivity index (χ4n) is 3.99. The Balaban J connectivity index is 1.52. The standard InChI is InChI=1S/C21H29N3O3/c1-2-19(25)24-13-7-6-10-18(24)20(26)22-17-11-14-23(15-12-17)21(27)16-8-4-3-5-9-16/h3-5,8-9,17-18H,2,6-7,10-15H2,1H3,(H,22,26). The Bertz CT molecular complexity index is 669. The molecule has 3 rings (SSSR count). The maximum Gasteiger partial charge on any atom is 0.253 e. The van der Waals surface area contributed by atoms with Gasteiger partial charge in [0.05, 0.1) is 0 Å². The normalized spacial score (nSPS) is 21.0. The van der Waals surface area contributed by atoms with Crippen LogP contribution in [0, 0.1) is 0 Å². The lowest BCUT2D eigenvalue weighted by Gasteiger charge is -2.37. The molecule has 0 saturated carbocycles. The van der Waals surface area contributed by atoms with Crippen molar-refractivity contribution in [3.05, 3.63) is 35.9 Å². The van der Waals surface area contributed by atoms with E-state index in [2.05, 4.69) is 5.32 Å². The van der Waals surface area contributed by atoms with E-state index in [4.69, 9.17) is 0 Å². The van der Waals surface area contributed by atoms with Crippen molar-refractivity contribution in [1.82, 2.24) is 15.1 Å². The number of carbonyl (C=O) groups is 3. The molecule has 0 aliphatic carbocycles. The lowest BCUT2D eigenvalue weighted by molar-refractivity contribution is -0.142. The number of nitrogens with zero attached hydrogens (tertiary/aromatic N) is 2. The molecule has 2 saturated heterocycles. The highest BCUT2D eigenvalue weighted by Crippen LogP contribution is 2.20. The molecule has 27 heavy (non-hydrogen) atoms. The predicted octanol–water partition coefficient (Wildman–Crippen LogP) is 2.20. The molecule has 2 heterocycles. The van der Waals surface area contributed by atoms with Gasteiger partial charge in [0.25, 0.3) is 5.91 Å². The van der Waals surface area contributed by atoms with Crippen molar-refractivity contribution in [2.24, 2.45) is 0 Å². The van der Waals surface area contributed by atoms with Gasteiger partial charge in [0.2, 0.25) is 11.8 Å². The van der Waals surface area contributed by atoms with Crippen LogP contribution in [0.3, 0.4) is 0 Å². The van der Waals surface area contributed by atoms with E-state index in [0.717, 1.165) is 32.1 Å². The number of nitrogens with one attached hydrogen (secondary N) is 1. The van der Waals surface area contributed by atoms with E-state index in [1.165, 1.54) is 0 Å². The van der Waals surface area contributed by atoms with Crippen molar-refractivity contribution < 1.29 is 14.4 Å². The Morgan fingerprint density at radius 3 is 2.37 bits per heavy atom. The van der Waals surface area contributed by atoms with Crippen molar-refractivity contribution in [1.29, 1.82) is 0 Å². The molecule has 0 spiro atoms. The van der Waals surface area contributed by atoms with Crippen LogP contribution in [0.4, 0.5) is 0 Å². The molecule has 3 amide bonds. The third kappa shape index (κ3) is 4.67. The zero-order valence-electron chi connectivity index (χ0n) is 16.0. The largest absolute Gasteiger partial charge is 0.351 e. The summed E-state index contributed by atoms with van der Waals surface area (Å²) < 4.78 is 0. The Morgan fingerprint density at radius 2 is 1.70 bits per heavy atom. The van der Waals surface area contributed by atoms with Crippen LogP contribution < -0.4 is 5.32 Å². The molecule has 2 aliphatic heterocycles. The van der Waals surface area contributed by atoms with E-state index in [1.807, 2.05) is 42.2 Å². The SMILES string of the molecule is CCC(=O)N1CCCCC1C(=O)NC1CCN(C(=O)c2ccccc2)CC1. The number of benzene rings is 1. The van der Waals surface area contributed by atoms with Gasteiger partial charge in [0.15, 0.2) is 0 Å². The minimum absolute atomic E-state index is 0.0377. The van der Waals surface area contributed by atoms with Crippen molar-refractivity contribution in [2.75, 3.05) is 19.6 Å². The smallest absolute Gasteiger partial charge is 0.253 e. The molecule has 2 aliphatic rings. The van der Waals surface area contributed by atoms with Crippen LogP contribution in [0.2, 0.25) is 0 Å². The van der Waals surface area contributed by atoms with E-state index in [1.54, 1.807) is 4.90 Å². The van der Waals surface area contributed by atoms with E-state index >= 15 is 0 Å². The topological polar surface area (TPSA) is 69.7 Å². The number of hydrogen-bond donors (Lipinski definition) is 1. The van der Waals surface area contributed by atoms with Gasteiger partial charge >= 0.3 is 0 Å². The Hall–Kier alpha value is -2.37. The van der Waals surface area contributed by atoms with Gasteiger partial charge in [-0.3, -0.25) is 14.4 Å². The van der Waals surface area contributed by atoms with E-state index in [-0.39, 0.29) is 29.8 Å². The maximum absolute atomic E-state index is 12.7. The molecular formula is C21H29N3O3. The van der Waals surface area contributed by atoms with Crippen LogP contribution in [0.15, 0.2) is 30.3 Å². The maximum atomic E-state index is 12.7. The van der Waals surface area contributed by atoms with Gasteiger partial charge in [-0.25, -0.2) is 0 Å². The van der Waals surface area contributed by atoms with E-state index < -0.39 is 0 Å². The second kappa shape index (κ2) is 9.02. The molecule has 1 unspecified atom stereocenters. The molecule has 1 atom stereocenters. The van der Waals surface area contributed by atoms with E-state index in [9.17, 15) is 14.4 Å². The Morgan fingerprint density at radius 1 is 1.00 bits per heavy atom. The van der Waals surface area contributed by atoms with Gasteiger partial charge in [-0.05, 0) is 44.2 Å². The molecule has 0 radical (unpaired) electrons. The summed E-state index contributed by atoms with van der Waals surface area (Å²) in [7, 11) is 0. The van der Waals surface area contributed by atoms with Gasteiger partial charge in [-0.2, -0.15) is 0 Å². The second-order valence-corrected chi connectivity index (χ2v) is 7.39. The molecule has 1 N–H and O–H groups in total. The molecule has 1 aromatic carbocycles. The first-order valence-corrected chi connectivity index (χ1v) is 10.0. The van der Waals surface area contributed by atoms with Gasteiger partial charge < -0.3 is 15.1 Å². The van der Waals surface area contributed by atoms with Gasteiger partial charge in [0.1, 0.15) is 6.04 Å². The fourth-order valence-corrected chi connectivity index (χ4v) is 3.99. The number of hydrogen-bond acceptors (Lipinski definition) is 3. The Labute approximate surface area is 160 Å². The van der Waals surface area contributed by atoms with Gasteiger partial charge in [-0.15, -0.1) is 0 Å². The summed E-state index contributed by atoms with van der Waals surface area (Å²) in [6.07, 6.45) is 4.62. The number of amides is 3. The van der Waals surface area contributed by atoms with Crippen LogP contribution in [0.25, 0.3) is 0 Å². The minimum atomic E-state index is -0.338. The number of piperidine rings is 2. The average Bonchev–Trinajstić information content (AvgIpc) is 2.73. The highest BCUT2D eigenvalue weighted by Gasteiger charge is 2.33. The molecule has 146 valence electrons. The highest BCUT2D eigenvalue weighted by atomic mass is 16.2. The molecule has 0 aromatic heterocycles. The first-order chi connectivity index (χ1) is 13.1. The first kappa shape index (κ1) is 19.4. The number of carbonyl (C=O) groups excluding carboxylic acids is 3. The highest BCUT2D eigenvalue weighted by molar-refractivity contribution is 5.94. The summed E-state index contributed by atoms with van der Waals surface area (Å²) in [6.45, 7) is 3.79. The van der Waals surface area contributed by atoms with Crippen LogP contribution in [0.5, 0.6) is 0 Å². The van der Waals surface area contributed by atoms with Crippen molar-refractivity contribution >= 4 is 17.7 Å². The summed E-state index contributed by atoms with van der Waals surface area (Å²) in [5, 5.41) is 3.13. The molecule has 6 nitrogen and oxygen atoms in total. The van der Waals surface area contributed by atoms with Crippen molar-refractivity contribution in [3.63, 3.8) is 0 Å². The lowest BCUT2D eigenvalue weighted by Crippen LogP contribution is -2.55. The number of likely N-dealkylation sites (tertiary alicyclic amines) is 2.